The number of likely N-dealkylation sites (N-methyl/N-ethyl adjacent to an activating group) is 2. The normalized spacial score (nSPS) is 21.3. The molecule has 2 saturated heterocycles. The van der Waals surface area contributed by atoms with Gasteiger partial charge in [0.25, 0.3) is 0 Å². The summed E-state index contributed by atoms with van der Waals surface area (Å²) in [5.41, 5.74) is 1.000. The summed E-state index contributed by atoms with van der Waals surface area (Å²) in [5, 5.41) is 3.28. The fourth-order valence-corrected chi connectivity index (χ4v) is 3.35. The molecule has 2 amide bonds. The van der Waals surface area contributed by atoms with Crippen LogP contribution in [0.4, 0.5) is 0 Å². The minimum absolute atomic E-state index is 0.0314. The van der Waals surface area contributed by atoms with Crippen LogP contribution in [0.5, 0.6) is 0 Å². The number of nitrogens with one attached hydrogen (secondary N) is 1. The molecule has 1 N–H and O–H groups in total. The maximum absolute atomic E-state index is 12.8. The van der Waals surface area contributed by atoms with Gasteiger partial charge in [0.15, 0.2) is 5.96 Å². The predicted molar refractivity (Wildman–Crippen MR) is 108 cm³/mol. The first-order valence-electron chi connectivity index (χ1n) is 9.66. The average Bonchev–Trinajstić information content (AvgIpc) is 3.06. The number of nitrogens with zero attached hydrogens (tertiary/aromatic N) is 5. The van der Waals surface area contributed by atoms with Crippen molar-refractivity contribution < 1.29 is 9.59 Å². The number of carbonyl (C=O) groups excluding carboxylic acids is 2. The number of likely N-dealkylation sites (tertiary alicyclic amines) is 1. The fraction of sp³-hybridized carbons (Fsp3) is 0.737. The molecule has 27 heavy (non-hydrogen) atoms. The van der Waals surface area contributed by atoms with E-state index in [0.717, 1.165) is 25.0 Å². The van der Waals surface area contributed by atoms with Crippen molar-refractivity contribution in [3.8, 4) is 0 Å². The summed E-state index contributed by atoms with van der Waals surface area (Å²) in [7, 11) is 5.48. The zero-order valence-corrected chi connectivity index (χ0v) is 17.2. The second kappa shape index (κ2) is 9.73. The van der Waals surface area contributed by atoms with Crippen LogP contribution in [0.25, 0.3) is 0 Å². The lowest BCUT2D eigenvalue weighted by Crippen LogP contribution is -2.56. The molecule has 8 heteroatoms. The Balaban J connectivity index is 1.95. The van der Waals surface area contributed by atoms with Crippen molar-refractivity contribution in [1.82, 2.24) is 24.9 Å². The fourth-order valence-electron chi connectivity index (χ4n) is 3.35. The lowest BCUT2D eigenvalue weighted by molar-refractivity contribution is -0.136. The van der Waals surface area contributed by atoms with E-state index in [2.05, 4.69) is 26.7 Å². The van der Waals surface area contributed by atoms with Crippen LogP contribution in [-0.4, -0.2) is 110 Å². The second-order valence-electron chi connectivity index (χ2n) is 7.69. The number of hydrogen-bond donors (Lipinski definition) is 1. The molecule has 0 aromatic rings. The van der Waals surface area contributed by atoms with E-state index in [1.54, 1.807) is 14.1 Å². The van der Waals surface area contributed by atoms with Crippen molar-refractivity contribution in [1.29, 1.82) is 0 Å². The van der Waals surface area contributed by atoms with Gasteiger partial charge < -0.3 is 20.0 Å². The second-order valence-corrected chi connectivity index (χ2v) is 7.69. The molecule has 0 aromatic heterocycles. The Morgan fingerprint density at radius 2 is 1.78 bits per heavy atom. The maximum Gasteiger partial charge on any atom is 0.243 e. The van der Waals surface area contributed by atoms with Crippen LogP contribution in [-0.2, 0) is 9.59 Å². The zero-order valence-electron chi connectivity index (χ0n) is 17.2. The van der Waals surface area contributed by atoms with Gasteiger partial charge in [0.2, 0.25) is 11.8 Å². The summed E-state index contributed by atoms with van der Waals surface area (Å²) in [5.74, 6) is 0.909. The highest BCUT2D eigenvalue weighted by Gasteiger charge is 2.33. The standard InChI is InChI=1S/C19H34N6O2/c1-15(2)13-20-19(21-14-17(26)22(3)4)25-11-9-24(10-12-25)18(27)16-7-6-8-23(16)5/h16H,1,6-14H2,2-5H3,(H,20,21). The van der Waals surface area contributed by atoms with Gasteiger partial charge in [-0.2, -0.15) is 0 Å². The summed E-state index contributed by atoms with van der Waals surface area (Å²) in [6, 6.07) is 0.0314. The lowest BCUT2D eigenvalue weighted by Gasteiger charge is -2.38. The van der Waals surface area contributed by atoms with Crippen molar-refractivity contribution in [3.63, 3.8) is 0 Å². The first-order valence-corrected chi connectivity index (χ1v) is 9.66. The molecule has 2 heterocycles. The van der Waals surface area contributed by atoms with Crippen LogP contribution in [0.1, 0.15) is 19.8 Å². The minimum Gasteiger partial charge on any atom is -0.352 e. The quantitative estimate of drug-likeness (QED) is 0.409. The SMILES string of the molecule is C=C(C)CNC(=NCC(=O)N(C)C)N1CCN(C(=O)C2CCCN2C)CC1. The van der Waals surface area contributed by atoms with Crippen molar-refractivity contribution in [2.75, 3.05) is 67.0 Å². The Hall–Kier alpha value is -2.09. The number of carbonyl (C=O) groups is 2. The Morgan fingerprint density at radius 3 is 2.30 bits per heavy atom. The predicted octanol–water partition coefficient (Wildman–Crippen LogP) is -0.165. The van der Waals surface area contributed by atoms with Crippen molar-refractivity contribution in [3.05, 3.63) is 12.2 Å². The Morgan fingerprint density at radius 1 is 1.15 bits per heavy atom. The van der Waals surface area contributed by atoms with Crippen LogP contribution in [0.15, 0.2) is 17.1 Å². The van der Waals surface area contributed by atoms with Gasteiger partial charge in [0, 0.05) is 46.8 Å². The summed E-state index contributed by atoms with van der Waals surface area (Å²) in [6.45, 7) is 10.4. The topological polar surface area (TPSA) is 71.5 Å². The molecule has 0 aromatic carbocycles. The smallest absolute Gasteiger partial charge is 0.243 e. The van der Waals surface area contributed by atoms with Gasteiger partial charge in [0.1, 0.15) is 6.54 Å². The van der Waals surface area contributed by atoms with Crippen LogP contribution >= 0.6 is 0 Å². The molecular formula is C19H34N6O2. The molecule has 0 bridgehead atoms. The molecule has 1 unspecified atom stereocenters. The van der Waals surface area contributed by atoms with Crippen LogP contribution < -0.4 is 5.32 Å². The number of aliphatic imine (C=N–C) groups is 1. The molecule has 2 fully saturated rings. The monoisotopic (exact) mass is 378 g/mol. The van der Waals surface area contributed by atoms with Gasteiger partial charge in [-0.3, -0.25) is 14.5 Å². The third-order valence-electron chi connectivity index (χ3n) is 5.11. The van der Waals surface area contributed by atoms with Crippen molar-refractivity contribution >= 4 is 17.8 Å². The van der Waals surface area contributed by atoms with Crippen LogP contribution in [0.3, 0.4) is 0 Å². The first-order chi connectivity index (χ1) is 12.8. The summed E-state index contributed by atoms with van der Waals surface area (Å²) >= 11 is 0. The lowest BCUT2D eigenvalue weighted by atomic mass is 10.1. The van der Waals surface area contributed by atoms with E-state index in [4.69, 9.17) is 0 Å². The third kappa shape index (κ3) is 5.95. The highest BCUT2D eigenvalue weighted by Crippen LogP contribution is 2.18. The summed E-state index contributed by atoms with van der Waals surface area (Å²) < 4.78 is 0. The van der Waals surface area contributed by atoms with E-state index in [-0.39, 0.29) is 24.4 Å². The van der Waals surface area contributed by atoms with Gasteiger partial charge in [0.05, 0.1) is 6.04 Å². The minimum atomic E-state index is -0.0392. The van der Waals surface area contributed by atoms with Crippen molar-refractivity contribution in [2.24, 2.45) is 4.99 Å². The number of piperazine rings is 1. The summed E-state index contributed by atoms with van der Waals surface area (Å²) in [4.78, 5) is 36.9. The molecule has 2 rings (SSSR count). The zero-order chi connectivity index (χ0) is 20.0. The van der Waals surface area contributed by atoms with Gasteiger partial charge in [-0.05, 0) is 33.4 Å². The van der Waals surface area contributed by atoms with E-state index in [1.165, 1.54) is 4.90 Å². The average molecular weight is 379 g/mol. The van der Waals surface area contributed by atoms with Gasteiger partial charge in [-0.1, -0.05) is 12.2 Å². The Labute approximate surface area is 162 Å². The molecule has 1 atom stereocenters. The van der Waals surface area contributed by atoms with E-state index in [0.29, 0.717) is 38.7 Å². The molecule has 152 valence electrons. The van der Waals surface area contributed by atoms with E-state index < -0.39 is 0 Å². The van der Waals surface area contributed by atoms with Crippen LogP contribution in [0.2, 0.25) is 0 Å². The molecule has 0 saturated carbocycles. The van der Waals surface area contributed by atoms with Crippen molar-refractivity contribution in [2.45, 2.75) is 25.8 Å². The number of rotatable bonds is 5. The molecule has 0 aliphatic carbocycles. The molecule has 8 nitrogen and oxygen atoms in total. The first kappa shape index (κ1) is 21.2. The van der Waals surface area contributed by atoms with Gasteiger partial charge in [-0.15, -0.1) is 0 Å². The highest BCUT2D eigenvalue weighted by atomic mass is 16.2. The molecule has 0 spiro atoms. The number of guanidine groups is 1. The highest BCUT2D eigenvalue weighted by molar-refractivity contribution is 5.86. The molecule has 0 radical (unpaired) electrons. The molecule has 2 aliphatic heterocycles. The summed E-state index contributed by atoms with van der Waals surface area (Å²) in [6.07, 6.45) is 2.05. The number of amides is 2. The third-order valence-corrected chi connectivity index (χ3v) is 5.11. The van der Waals surface area contributed by atoms with E-state index in [1.807, 2.05) is 18.9 Å². The maximum atomic E-state index is 12.8. The molecular weight excluding hydrogens is 344 g/mol. The largest absolute Gasteiger partial charge is 0.352 e. The van der Waals surface area contributed by atoms with E-state index in [9.17, 15) is 9.59 Å². The Bertz CT molecular complexity index is 581. The van der Waals surface area contributed by atoms with Gasteiger partial charge >= 0.3 is 0 Å². The van der Waals surface area contributed by atoms with Crippen LogP contribution in [0, 0.1) is 0 Å². The van der Waals surface area contributed by atoms with Gasteiger partial charge in [-0.25, -0.2) is 4.99 Å². The number of hydrogen-bond acceptors (Lipinski definition) is 4. The molecule has 2 aliphatic rings. The Kier molecular flexibility index (Phi) is 7.65. The van der Waals surface area contributed by atoms with E-state index >= 15 is 0 Å².